The Bertz CT molecular complexity index is 1230. The Labute approximate surface area is 187 Å². The number of anilines is 3. The molecule has 3 heteroatoms. The number of nitrogens with zero attached hydrogens (tertiary/aromatic N) is 1. The fourth-order valence-electron chi connectivity index (χ4n) is 3.33. The van der Waals surface area contributed by atoms with Crippen molar-refractivity contribution in [3.8, 4) is 11.8 Å². The van der Waals surface area contributed by atoms with Crippen LogP contribution in [0.5, 0.6) is 0 Å². The van der Waals surface area contributed by atoms with Gasteiger partial charge in [-0.15, -0.1) is 0 Å². The molecular formula is C29H21NO2. The van der Waals surface area contributed by atoms with Crippen LogP contribution in [-0.4, -0.2) is 11.1 Å². The summed E-state index contributed by atoms with van der Waals surface area (Å²) in [5.74, 6) is 3.60. The summed E-state index contributed by atoms with van der Waals surface area (Å²) in [6.45, 7) is 0. The maximum atomic E-state index is 10.5. The van der Waals surface area contributed by atoms with Crippen LogP contribution in [0.4, 0.5) is 17.1 Å². The molecule has 0 radical (unpaired) electrons. The smallest absolute Gasteiger partial charge is 0.382 e. The first-order valence-corrected chi connectivity index (χ1v) is 10.2. The lowest BCUT2D eigenvalue weighted by molar-refractivity contribution is -0.130. The second kappa shape index (κ2) is 9.97. The molecule has 0 amide bonds. The number of rotatable bonds is 5. The van der Waals surface area contributed by atoms with Crippen LogP contribution in [-0.2, 0) is 4.79 Å². The Morgan fingerprint density at radius 3 is 1.53 bits per heavy atom. The van der Waals surface area contributed by atoms with E-state index in [9.17, 15) is 4.79 Å². The summed E-state index contributed by atoms with van der Waals surface area (Å²) >= 11 is 0. The Morgan fingerprint density at radius 2 is 1.06 bits per heavy atom. The monoisotopic (exact) mass is 415 g/mol. The number of para-hydroxylation sites is 2. The van der Waals surface area contributed by atoms with Gasteiger partial charge < -0.3 is 10.0 Å². The minimum atomic E-state index is -1.13. The number of benzene rings is 4. The molecule has 0 saturated heterocycles. The van der Waals surface area contributed by atoms with E-state index >= 15 is 0 Å². The van der Waals surface area contributed by atoms with Crippen molar-refractivity contribution in [3.05, 3.63) is 126 Å². The highest BCUT2D eigenvalue weighted by Gasteiger charge is 2.11. The summed E-state index contributed by atoms with van der Waals surface area (Å²) in [4.78, 5) is 12.8. The summed E-state index contributed by atoms with van der Waals surface area (Å²) in [5, 5.41) is 8.64. The van der Waals surface area contributed by atoms with Crippen LogP contribution in [0.3, 0.4) is 0 Å². The minimum Gasteiger partial charge on any atom is -0.472 e. The Kier molecular flexibility index (Phi) is 6.45. The molecule has 4 aromatic rings. The summed E-state index contributed by atoms with van der Waals surface area (Å²) in [5.41, 5.74) is 6.08. The molecule has 0 heterocycles. The second-order valence-electron chi connectivity index (χ2n) is 7.11. The number of carboxylic acids is 1. The molecule has 4 rings (SSSR count). The molecule has 154 valence electrons. The molecule has 0 spiro atoms. The molecular weight excluding hydrogens is 394 g/mol. The molecule has 0 aliphatic rings. The van der Waals surface area contributed by atoms with Gasteiger partial charge in [0, 0.05) is 28.5 Å². The number of carbonyl (C=O) groups is 1. The summed E-state index contributed by atoms with van der Waals surface area (Å²) in [7, 11) is 0. The van der Waals surface area contributed by atoms with Crippen molar-refractivity contribution in [2.45, 2.75) is 0 Å². The van der Waals surface area contributed by atoms with Crippen LogP contribution in [0.15, 0.2) is 109 Å². The van der Waals surface area contributed by atoms with Crippen molar-refractivity contribution < 1.29 is 9.90 Å². The number of carboxylic acid groups (broad SMARTS) is 1. The zero-order chi connectivity index (χ0) is 22.2. The fourth-order valence-corrected chi connectivity index (χ4v) is 3.33. The van der Waals surface area contributed by atoms with Crippen molar-refractivity contribution in [1.82, 2.24) is 0 Å². The van der Waals surface area contributed by atoms with E-state index in [0.29, 0.717) is 5.56 Å². The SMILES string of the molecule is O=C(O)C#Cc1ccc(C=Cc2ccc(N(c3ccccc3)c3ccccc3)cc2)cc1. The molecule has 0 atom stereocenters. The van der Waals surface area contributed by atoms with Gasteiger partial charge in [0.25, 0.3) is 0 Å². The van der Waals surface area contributed by atoms with E-state index in [2.05, 4.69) is 71.3 Å². The van der Waals surface area contributed by atoms with Crippen LogP contribution in [0.25, 0.3) is 12.2 Å². The topological polar surface area (TPSA) is 40.5 Å². The minimum absolute atomic E-state index is 0.677. The fraction of sp³-hybridized carbons (Fsp3) is 0. The largest absolute Gasteiger partial charge is 0.472 e. The van der Waals surface area contributed by atoms with Crippen LogP contribution in [0, 0.1) is 11.8 Å². The van der Waals surface area contributed by atoms with Gasteiger partial charge in [-0.05, 0) is 59.7 Å². The van der Waals surface area contributed by atoms with Gasteiger partial charge in [-0.2, -0.15) is 0 Å². The van der Waals surface area contributed by atoms with E-state index < -0.39 is 5.97 Å². The van der Waals surface area contributed by atoms with Gasteiger partial charge in [0.15, 0.2) is 0 Å². The van der Waals surface area contributed by atoms with Crippen LogP contribution >= 0.6 is 0 Å². The summed E-state index contributed by atoms with van der Waals surface area (Å²) in [6, 6.07) is 36.5. The van der Waals surface area contributed by atoms with E-state index in [4.69, 9.17) is 5.11 Å². The van der Waals surface area contributed by atoms with Gasteiger partial charge in [0.05, 0.1) is 0 Å². The third-order valence-electron chi connectivity index (χ3n) is 4.87. The van der Waals surface area contributed by atoms with Gasteiger partial charge in [-0.3, -0.25) is 0 Å². The van der Waals surface area contributed by atoms with Crippen molar-refractivity contribution in [3.63, 3.8) is 0 Å². The molecule has 1 N–H and O–H groups in total. The normalized spacial score (nSPS) is 10.4. The van der Waals surface area contributed by atoms with Crippen molar-refractivity contribution in [1.29, 1.82) is 0 Å². The van der Waals surface area contributed by atoms with E-state index in [1.807, 2.05) is 66.7 Å². The second-order valence-corrected chi connectivity index (χ2v) is 7.11. The molecule has 0 fully saturated rings. The average molecular weight is 415 g/mol. The number of aliphatic carboxylic acids is 1. The van der Waals surface area contributed by atoms with E-state index in [-0.39, 0.29) is 0 Å². The standard InChI is InChI=1S/C29H21NO2/c31-29(32)22-19-24-14-11-23(12-15-24)13-16-25-17-20-28(21-18-25)30(26-7-3-1-4-8-26)27-9-5-2-6-10-27/h1-18,20-21H,(H,31,32). The van der Waals surface area contributed by atoms with E-state index in [1.165, 1.54) is 0 Å². The maximum Gasteiger partial charge on any atom is 0.382 e. The van der Waals surface area contributed by atoms with Gasteiger partial charge in [-0.25, -0.2) is 4.79 Å². The third-order valence-corrected chi connectivity index (χ3v) is 4.87. The van der Waals surface area contributed by atoms with Gasteiger partial charge in [0.2, 0.25) is 0 Å². The van der Waals surface area contributed by atoms with Gasteiger partial charge in [0.1, 0.15) is 0 Å². The highest BCUT2D eigenvalue weighted by molar-refractivity contribution is 5.87. The van der Waals surface area contributed by atoms with Gasteiger partial charge in [-0.1, -0.05) is 78.7 Å². The number of hydrogen-bond acceptors (Lipinski definition) is 2. The lowest BCUT2D eigenvalue weighted by Crippen LogP contribution is -2.09. The molecule has 0 aromatic heterocycles. The Hall–Kier alpha value is -4.55. The molecule has 0 aliphatic heterocycles. The quantitative estimate of drug-likeness (QED) is 0.289. The van der Waals surface area contributed by atoms with Crippen molar-refractivity contribution in [2.75, 3.05) is 4.90 Å². The molecule has 32 heavy (non-hydrogen) atoms. The van der Waals surface area contributed by atoms with Crippen LogP contribution < -0.4 is 4.90 Å². The first-order valence-electron chi connectivity index (χ1n) is 10.2. The zero-order valence-corrected chi connectivity index (χ0v) is 17.3. The first-order chi connectivity index (χ1) is 15.7. The molecule has 4 aromatic carbocycles. The Morgan fingerprint density at radius 1 is 0.625 bits per heavy atom. The average Bonchev–Trinajstić information content (AvgIpc) is 2.84. The van der Waals surface area contributed by atoms with E-state index in [1.54, 1.807) is 0 Å². The molecule has 0 aliphatic carbocycles. The summed E-state index contributed by atoms with van der Waals surface area (Å²) < 4.78 is 0. The third kappa shape index (κ3) is 5.33. The maximum absolute atomic E-state index is 10.5. The molecule has 0 saturated carbocycles. The van der Waals surface area contributed by atoms with Crippen LogP contribution in [0.1, 0.15) is 16.7 Å². The predicted molar refractivity (Wildman–Crippen MR) is 131 cm³/mol. The number of hydrogen-bond donors (Lipinski definition) is 1. The van der Waals surface area contributed by atoms with Gasteiger partial charge >= 0.3 is 5.97 Å². The van der Waals surface area contributed by atoms with Crippen molar-refractivity contribution >= 4 is 35.2 Å². The lowest BCUT2D eigenvalue weighted by atomic mass is 10.1. The van der Waals surface area contributed by atoms with Crippen molar-refractivity contribution in [2.24, 2.45) is 0 Å². The van der Waals surface area contributed by atoms with E-state index in [0.717, 1.165) is 28.2 Å². The highest BCUT2D eigenvalue weighted by atomic mass is 16.4. The highest BCUT2D eigenvalue weighted by Crippen LogP contribution is 2.34. The molecule has 0 bridgehead atoms. The summed E-state index contributed by atoms with van der Waals surface area (Å²) in [6.07, 6.45) is 4.08. The lowest BCUT2D eigenvalue weighted by Gasteiger charge is -2.25. The Balaban J connectivity index is 1.54. The van der Waals surface area contributed by atoms with Crippen LogP contribution in [0.2, 0.25) is 0 Å². The first kappa shape index (κ1) is 20.7. The molecule has 3 nitrogen and oxygen atoms in total. The predicted octanol–water partition coefficient (Wildman–Crippen LogP) is 6.76. The zero-order valence-electron chi connectivity index (χ0n) is 17.3. The molecule has 0 unspecified atom stereocenters.